The molecule has 1 aliphatic carbocycles. The van der Waals surface area contributed by atoms with E-state index in [-0.39, 0.29) is 18.1 Å². The second-order valence-corrected chi connectivity index (χ2v) is 7.27. The molecule has 1 aromatic heterocycles. The van der Waals surface area contributed by atoms with Gasteiger partial charge in [0.2, 0.25) is 5.91 Å². The molecule has 0 atom stereocenters. The van der Waals surface area contributed by atoms with Crippen molar-refractivity contribution in [3.63, 3.8) is 0 Å². The third-order valence-corrected chi connectivity index (χ3v) is 5.21. The number of nitrogens with one attached hydrogen (secondary N) is 1. The van der Waals surface area contributed by atoms with E-state index in [1.54, 1.807) is 30.2 Å². The van der Waals surface area contributed by atoms with Gasteiger partial charge in [-0.15, -0.1) is 11.8 Å². The number of ether oxygens (including phenoxy) is 1. The Morgan fingerprint density at radius 3 is 2.52 bits per heavy atom. The Hall–Kier alpha value is -2.08. The van der Waals surface area contributed by atoms with Crippen LogP contribution in [0.25, 0.3) is 0 Å². The van der Waals surface area contributed by atoms with Crippen LogP contribution in [-0.2, 0) is 4.79 Å². The Kier molecular flexibility index (Phi) is 6.68. The highest BCUT2D eigenvalue weighted by atomic mass is 32.2. The summed E-state index contributed by atoms with van der Waals surface area (Å²) in [7, 11) is 0. The predicted molar refractivity (Wildman–Crippen MR) is 98.6 cm³/mol. The van der Waals surface area contributed by atoms with Gasteiger partial charge in [0.15, 0.2) is 0 Å². The molecular weight excluding hydrogens is 334 g/mol. The molecule has 0 aliphatic heterocycles. The summed E-state index contributed by atoms with van der Waals surface area (Å²) in [5.74, 6) is 0.943. The van der Waals surface area contributed by atoms with Crippen LogP contribution in [0.3, 0.4) is 0 Å². The fraction of sp³-hybridized carbons (Fsp3) is 0.421. The standard InChI is InChI=1S/C19H23N3O2S/c23-18(11-14-25-17-5-2-1-3-6-17)22-15-7-9-16(10-8-15)24-19-20-12-4-13-21-19/h1-6,12-13,15-16H,7-11,14H2,(H,22,23). The Bertz CT molecular complexity index is 646. The molecule has 1 heterocycles. The average Bonchev–Trinajstić information content (AvgIpc) is 2.65. The number of amides is 1. The highest BCUT2D eigenvalue weighted by molar-refractivity contribution is 7.99. The fourth-order valence-electron chi connectivity index (χ4n) is 2.90. The molecule has 2 aromatic rings. The molecule has 1 saturated carbocycles. The number of hydrogen-bond acceptors (Lipinski definition) is 5. The largest absolute Gasteiger partial charge is 0.460 e. The highest BCUT2D eigenvalue weighted by Crippen LogP contribution is 2.22. The van der Waals surface area contributed by atoms with Crippen LogP contribution in [0.5, 0.6) is 6.01 Å². The van der Waals surface area contributed by atoms with Crippen LogP contribution in [0.4, 0.5) is 0 Å². The van der Waals surface area contributed by atoms with Crippen molar-refractivity contribution in [1.29, 1.82) is 0 Å². The first-order valence-electron chi connectivity index (χ1n) is 8.70. The quantitative estimate of drug-likeness (QED) is 0.769. The summed E-state index contributed by atoms with van der Waals surface area (Å²) < 4.78 is 5.78. The number of carbonyl (C=O) groups excluding carboxylic acids is 1. The summed E-state index contributed by atoms with van der Waals surface area (Å²) in [6, 6.07) is 12.6. The second-order valence-electron chi connectivity index (χ2n) is 6.10. The molecule has 0 spiro atoms. The Morgan fingerprint density at radius 1 is 1.08 bits per heavy atom. The van der Waals surface area contributed by atoms with E-state index in [2.05, 4.69) is 27.4 Å². The van der Waals surface area contributed by atoms with Crippen molar-refractivity contribution in [3.05, 3.63) is 48.8 Å². The van der Waals surface area contributed by atoms with Crippen LogP contribution in [0.2, 0.25) is 0 Å². The van der Waals surface area contributed by atoms with Gasteiger partial charge in [0.1, 0.15) is 6.10 Å². The Balaban J connectivity index is 1.32. The average molecular weight is 357 g/mol. The van der Waals surface area contributed by atoms with Crippen LogP contribution < -0.4 is 10.1 Å². The lowest BCUT2D eigenvalue weighted by Crippen LogP contribution is -2.39. The molecule has 5 nitrogen and oxygen atoms in total. The van der Waals surface area contributed by atoms with Crippen molar-refractivity contribution < 1.29 is 9.53 Å². The van der Waals surface area contributed by atoms with Crippen molar-refractivity contribution in [2.45, 2.75) is 49.1 Å². The zero-order valence-electron chi connectivity index (χ0n) is 14.1. The smallest absolute Gasteiger partial charge is 0.316 e. The molecule has 0 unspecified atom stereocenters. The van der Waals surface area contributed by atoms with E-state index in [4.69, 9.17) is 4.74 Å². The maximum Gasteiger partial charge on any atom is 0.316 e. The minimum atomic E-state index is 0.138. The first-order valence-corrected chi connectivity index (χ1v) is 9.69. The van der Waals surface area contributed by atoms with Crippen LogP contribution in [-0.4, -0.2) is 33.8 Å². The van der Waals surface area contributed by atoms with Gasteiger partial charge in [-0.2, -0.15) is 0 Å². The summed E-state index contributed by atoms with van der Waals surface area (Å²) in [6.45, 7) is 0. The number of thioether (sulfide) groups is 1. The van der Waals surface area contributed by atoms with Crippen LogP contribution in [0, 0.1) is 0 Å². The van der Waals surface area contributed by atoms with Gasteiger partial charge < -0.3 is 10.1 Å². The van der Waals surface area contributed by atoms with E-state index in [9.17, 15) is 4.79 Å². The minimum absolute atomic E-state index is 0.138. The number of aromatic nitrogens is 2. The minimum Gasteiger partial charge on any atom is -0.460 e. The number of benzene rings is 1. The molecule has 3 rings (SSSR count). The Labute approximate surface area is 152 Å². The van der Waals surface area contributed by atoms with E-state index < -0.39 is 0 Å². The van der Waals surface area contributed by atoms with Gasteiger partial charge in [-0.25, -0.2) is 9.97 Å². The third-order valence-electron chi connectivity index (χ3n) is 4.19. The van der Waals surface area contributed by atoms with Crippen molar-refractivity contribution in [1.82, 2.24) is 15.3 Å². The van der Waals surface area contributed by atoms with E-state index in [0.717, 1.165) is 31.4 Å². The van der Waals surface area contributed by atoms with Crippen molar-refractivity contribution >= 4 is 17.7 Å². The van der Waals surface area contributed by atoms with Gasteiger partial charge >= 0.3 is 6.01 Å². The van der Waals surface area contributed by atoms with Gasteiger partial charge in [0.05, 0.1) is 0 Å². The molecule has 1 fully saturated rings. The van der Waals surface area contributed by atoms with Crippen molar-refractivity contribution in [3.8, 4) is 6.01 Å². The molecule has 1 N–H and O–H groups in total. The SMILES string of the molecule is O=C(CCSc1ccccc1)NC1CCC(Oc2ncccn2)CC1. The highest BCUT2D eigenvalue weighted by Gasteiger charge is 2.24. The monoisotopic (exact) mass is 357 g/mol. The molecular formula is C19H23N3O2S. The molecule has 1 amide bonds. The van der Waals surface area contributed by atoms with Crippen LogP contribution in [0.1, 0.15) is 32.1 Å². The molecule has 132 valence electrons. The lowest BCUT2D eigenvalue weighted by atomic mass is 9.93. The van der Waals surface area contributed by atoms with Crippen molar-refractivity contribution in [2.24, 2.45) is 0 Å². The summed E-state index contributed by atoms with van der Waals surface area (Å²) in [4.78, 5) is 21.5. The number of carbonyl (C=O) groups is 1. The van der Waals surface area contributed by atoms with E-state index in [0.29, 0.717) is 12.4 Å². The summed E-state index contributed by atoms with van der Waals surface area (Å²) in [5, 5.41) is 3.15. The van der Waals surface area contributed by atoms with Crippen molar-refractivity contribution in [2.75, 3.05) is 5.75 Å². The first-order chi connectivity index (χ1) is 12.3. The number of rotatable bonds is 7. The van der Waals surface area contributed by atoms with Gasteiger partial charge in [-0.05, 0) is 43.9 Å². The third kappa shape index (κ3) is 6.05. The topological polar surface area (TPSA) is 64.1 Å². The fourth-order valence-corrected chi connectivity index (χ4v) is 3.77. The predicted octanol–water partition coefficient (Wildman–Crippen LogP) is 3.47. The zero-order chi connectivity index (χ0) is 17.3. The maximum absolute atomic E-state index is 12.1. The summed E-state index contributed by atoms with van der Waals surface area (Å²) in [5.41, 5.74) is 0. The number of hydrogen-bond donors (Lipinski definition) is 1. The van der Waals surface area contributed by atoms with E-state index in [1.165, 1.54) is 4.90 Å². The van der Waals surface area contributed by atoms with Gasteiger partial charge in [0.25, 0.3) is 0 Å². The molecule has 1 aromatic carbocycles. The van der Waals surface area contributed by atoms with Gasteiger partial charge in [0, 0.05) is 35.5 Å². The molecule has 6 heteroatoms. The van der Waals surface area contributed by atoms with Gasteiger partial charge in [-0.1, -0.05) is 18.2 Å². The zero-order valence-corrected chi connectivity index (χ0v) is 15.0. The maximum atomic E-state index is 12.1. The molecule has 25 heavy (non-hydrogen) atoms. The molecule has 0 saturated heterocycles. The lowest BCUT2D eigenvalue weighted by molar-refractivity contribution is -0.121. The Morgan fingerprint density at radius 2 is 1.80 bits per heavy atom. The molecule has 1 aliphatic rings. The van der Waals surface area contributed by atoms with E-state index in [1.807, 2.05) is 18.2 Å². The summed E-state index contributed by atoms with van der Waals surface area (Å²) >= 11 is 1.72. The van der Waals surface area contributed by atoms with Crippen LogP contribution in [0.15, 0.2) is 53.7 Å². The van der Waals surface area contributed by atoms with Gasteiger partial charge in [-0.3, -0.25) is 4.79 Å². The molecule has 0 radical (unpaired) electrons. The van der Waals surface area contributed by atoms with Crippen LogP contribution >= 0.6 is 11.8 Å². The normalized spacial score (nSPS) is 20.0. The summed E-state index contributed by atoms with van der Waals surface area (Å²) in [6.07, 6.45) is 7.77. The molecule has 0 bridgehead atoms. The lowest BCUT2D eigenvalue weighted by Gasteiger charge is -2.28. The second kappa shape index (κ2) is 9.42. The number of nitrogens with zero attached hydrogens (tertiary/aromatic N) is 2. The van der Waals surface area contributed by atoms with E-state index >= 15 is 0 Å². The first kappa shape index (κ1) is 17.7.